The minimum absolute atomic E-state index is 0.150. The molecule has 0 spiro atoms. The van der Waals surface area contributed by atoms with E-state index in [1.807, 2.05) is 19.1 Å². The summed E-state index contributed by atoms with van der Waals surface area (Å²) in [6, 6.07) is 25.0. The van der Waals surface area contributed by atoms with Gasteiger partial charge in [0.25, 0.3) is 5.91 Å². The summed E-state index contributed by atoms with van der Waals surface area (Å²) in [4.78, 5) is 49.5. The highest BCUT2D eigenvalue weighted by Crippen LogP contribution is 2.18. The van der Waals surface area contributed by atoms with Crippen molar-refractivity contribution >= 4 is 41.3 Å². The van der Waals surface area contributed by atoms with Gasteiger partial charge in [0.15, 0.2) is 0 Å². The quantitative estimate of drug-likeness (QED) is 0.103. The third kappa shape index (κ3) is 7.23. The van der Waals surface area contributed by atoms with Crippen LogP contribution in [0.2, 0.25) is 0 Å². The number of carbonyl (C=O) groups is 4. The van der Waals surface area contributed by atoms with E-state index in [1.165, 1.54) is 48.7 Å². The molecule has 3 amide bonds. The molecule has 4 aromatic carbocycles. The summed E-state index contributed by atoms with van der Waals surface area (Å²) in [6.07, 6.45) is 1.27. The van der Waals surface area contributed by atoms with Crippen LogP contribution >= 0.6 is 0 Å². The average molecular weight is 539 g/mol. The Balaban J connectivity index is 1.31. The fraction of sp³-hybridized carbons (Fsp3) is 0.0333. The number of nitrogens with zero attached hydrogens (tertiary/aromatic N) is 1. The summed E-state index contributed by atoms with van der Waals surface area (Å²) in [5.74, 6) is -3.89. The van der Waals surface area contributed by atoms with Crippen molar-refractivity contribution in [2.24, 2.45) is 5.10 Å². The first kappa shape index (κ1) is 27.4. The number of esters is 1. The number of anilines is 2. The summed E-state index contributed by atoms with van der Waals surface area (Å²) in [5, 5.41) is 8.92. The van der Waals surface area contributed by atoms with Crippen LogP contribution in [0.5, 0.6) is 5.75 Å². The highest BCUT2D eigenvalue weighted by atomic mass is 19.1. The molecule has 0 aliphatic rings. The van der Waals surface area contributed by atoms with Crippen molar-refractivity contribution in [3.8, 4) is 5.75 Å². The van der Waals surface area contributed by atoms with Crippen LogP contribution in [-0.4, -0.2) is 29.9 Å². The van der Waals surface area contributed by atoms with Crippen LogP contribution in [0.25, 0.3) is 0 Å². The molecule has 0 aliphatic carbocycles. The van der Waals surface area contributed by atoms with Gasteiger partial charge in [-0.25, -0.2) is 14.6 Å². The molecule has 3 N–H and O–H groups in total. The third-order valence-corrected chi connectivity index (χ3v) is 5.50. The van der Waals surface area contributed by atoms with E-state index in [-0.39, 0.29) is 22.6 Å². The zero-order valence-corrected chi connectivity index (χ0v) is 21.2. The lowest BCUT2D eigenvalue weighted by molar-refractivity contribution is -0.136. The number of aryl methyl sites for hydroxylation is 1. The van der Waals surface area contributed by atoms with Gasteiger partial charge >= 0.3 is 17.8 Å². The van der Waals surface area contributed by atoms with Crippen LogP contribution in [0.3, 0.4) is 0 Å². The van der Waals surface area contributed by atoms with Crippen molar-refractivity contribution in [3.63, 3.8) is 0 Å². The van der Waals surface area contributed by atoms with Gasteiger partial charge in [-0.05, 0) is 73.2 Å². The first-order valence-corrected chi connectivity index (χ1v) is 12.0. The molecule has 0 bridgehead atoms. The number of hydrogen-bond acceptors (Lipinski definition) is 6. The molecule has 0 saturated heterocycles. The molecule has 4 aromatic rings. The van der Waals surface area contributed by atoms with Crippen molar-refractivity contribution in [3.05, 3.63) is 125 Å². The molecular formula is C30H23FN4O5. The number of nitrogens with one attached hydrogen (secondary N) is 3. The van der Waals surface area contributed by atoms with E-state index in [2.05, 4.69) is 21.2 Å². The zero-order chi connectivity index (χ0) is 28.5. The average Bonchev–Trinajstić information content (AvgIpc) is 2.95. The van der Waals surface area contributed by atoms with Crippen LogP contribution in [-0.2, 0) is 9.59 Å². The molecule has 0 atom stereocenters. The summed E-state index contributed by atoms with van der Waals surface area (Å²) in [6.45, 7) is 1.93. The van der Waals surface area contributed by atoms with Gasteiger partial charge in [-0.2, -0.15) is 5.10 Å². The minimum atomic E-state index is -1.06. The standard InChI is InChI=1S/C30H23FN4O5/c1-19-10-14-21(15-11-19)33-27(36)24-7-3-5-9-26(24)34-28(37)29(38)35-32-18-20-12-16-22(17-13-20)40-30(39)23-6-2-4-8-25(23)31/h2-18H,1H3,(H,33,36)(H,34,37)(H,35,38). The molecule has 0 radical (unpaired) electrons. The summed E-state index contributed by atoms with van der Waals surface area (Å²) < 4.78 is 18.9. The summed E-state index contributed by atoms with van der Waals surface area (Å²) in [5.41, 5.74) is 4.38. The van der Waals surface area contributed by atoms with E-state index in [1.54, 1.807) is 36.4 Å². The Morgan fingerprint density at radius 1 is 0.750 bits per heavy atom. The van der Waals surface area contributed by atoms with E-state index in [0.717, 1.165) is 11.6 Å². The van der Waals surface area contributed by atoms with Gasteiger partial charge in [0, 0.05) is 5.69 Å². The van der Waals surface area contributed by atoms with Gasteiger partial charge in [0.2, 0.25) is 0 Å². The SMILES string of the molecule is Cc1ccc(NC(=O)c2ccccc2NC(=O)C(=O)NN=Cc2ccc(OC(=O)c3ccccc3F)cc2)cc1. The van der Waals surface area contributed by atoms with E-state index in [0.29, 0.717) is 11.3 Å². The lowest BCUT2D eigenvalue weighted by Gasteiger charge is -2.11. The monoisotopic (exact) mass is 538 g/mol. The molecule has 0 aliphatic heterocycles. The maximum atomic E-state index is 13.7. The molecule has 0 unspecified atom stereocenters. The normalized spacial score (nSPS) is 10.6. The topological polar surface area (TPSA) is 126 Å². The maximum Gasteiger partial charge on any atom is 0.346 e. The molecule has 0 fully saturated rings. The van der Waals surface area contributed by atoms with Crippen LogP contribution < -0.4 is 20.8 Å². The Bertz CT molecular complexity index is 1580. The minimum Gasteiger partial charge on any atom is -0.423 e. The lowest BCUT2D eigenvalue weighted by Crippen LogP contribution is -2.33. The number of carbonyl (C=O) groups excluding carboxylic acids is 4. The predicted octanol–water partition coefficient (Wildman–Crippen LogP) is 4.69. The molecule has 0 aromatic heterocycles. The number of amides is 3. The van der Waals surface area contributed by atoms with Crippen LogP contribution in [0, 0.1) is 12.7 Å². The van der Waals surface area contributed by atoms with Crippen molar-refractivity contribution in [2.45, 2.75) is 6.92 Å². The fourth-order valence-electron chi connectivity index (χ4n) is 3.43. The van der Waals surface area contributed by atoms with Gasteiger partial charge in [-0.3, -0.25) is 14.4 Å². The largest absolute Gasteiger partial charge is 0.423 e. The Kier molecular flexibility index (Phi) is 8.73. The Labute approximate surface area is 228 Å². The van der Waals surface area contributed by atoms with Crippen molar-refractivity contribution in [2.75, 3.05) is 10.6 Å². The number of para-hydroxylation sites is 1. The predicted molar refractivity (Wildman–Crippen MR) is 148 cm³/mol. The second-order valence-corrected chi connectivity index (χ2v) is 8.46. The maximum absolute atomic E-state index is 13.7. The number of hydrazone groups is 1. The fourth-order valence-corrected chi connectivity index (χ4v) is 3.43. The first-order chi connectivity index (χ1) is 19.3. The summed E-state index contributed by atoms with van der Waals surface area (Å²) >= 11 is 0. The summed E-state index contributed by atoms with van der Waals surface area (Å²) in [7, 11) is 0. The van der Waals surface area contributed by atoms with Gasteiger partial charge in [0.05, 0.1) is 23.0 Å². The Hall–Kier alpha value is -5.64. The van der Waals surface area contributed by atoms with Crippen molar-refractivity contribution in [1.29, 1.82) is 0 Å². The van der Waals surface area contributed by atoms with Crippen molar-refractivity contribution in [1.82, 2.24) is 5.43 Å². The van der Waals surface area contributed by atoms with E-state index in [4.69, 9.17) is 4.74 Å². The third-order valence-electron chi connectivity index (χ3n) is 5.50. The van der Waals surface area contributed by atoms with Crippen LogP contribution in [0.4, 0.5) is 15.8 Å². The second kappa shape index (κ2) is 12.7. The van der Waals surface area contributed by atoms with Gasteiger partial charge < -0.3 is 15.4 Å². The molecule has 4 rings (SSSR count). The van der Waals surface area contributed by atoms with Crippen LogP contribution in [0.1, 0.15) is 31.8 Å². The molecule has 40 heavy (non-hydrogen) atoms. The number of rotatable bonds is 7. The molecule has 0 saturated carbocycles. The van der Waals surface area contributed by atoms with E-state index in [9.17, 15) is 23.6 Å². The van der Waals surface area contributed by atoms with Crippen molar-refractivity contribution < 1.29 is 28.3 Å². The van der Waals surface area contributed by atoms with E-state index < -0.39 is 29.5 Å². The number of hydrogen-bond donors (Lipinski definition) is 3. The van der Waals surface area contributed by atoms with Crippen LogP contribution in [0.15, 0.2) is 102 Å². The van der Waals surface area contributed by atoms with Gasteiger partial charge in [-0.15, -0.1) is 0 Å². The molecule has 9 nitrogen and oxygen atoms in total. The number of halogens is 1. The van der Waals surface area contributed by atoms with Gasteiger partial charge in [-0.1, -0.05) is 42.0 Å². The molecular weight excluding hydrogens is 515 g/mol. The first-order valence-electron chi connectivity index (χ1n) is 12.0. The Morgan fingerprint density at radius 2 is 1.40 bits per heavy atom. The molecule has 0 heterocycles. The number of benzene rings is 4. The lowest BCUT2D eigenvalue weighted by atomic mass is 10.1. The second-order valence-electron chi connectivity index (χ2n) is 8.46. The van der Waals surface area contributed by atoms with Gasteiger partial charge in [0.1, 0.15) is 11.6 Å². The molecule has 10 heteroatoms. The highest BCUT2D eigenvalue weighted by molar-refractivity contribution is 6.40. The Morgan fingerprint density at radius 3 is 2.10 bits per heavy atom. The molecule has 200 valence electrons. The van der Waals surface area contributed by atoms with E-state index >= 15 is 0 Å². The smallest absolute Gasteiger partial charge is 0.346 e. The highest BCUT2D eigenvalue weighted by Gasteiger charge is 2.18. The number of ether oxygens (including phenoxy) is 1. The zero-order valence-electron chi connectivity index (χ0n) is 21.2.